The number of hydrogen-bond acceptors (Lipinski definition) is 4. The van der Waals surface area contributed by atoms with Crippen LogP contribution < -0.4 is 5.32 Å². The molecule has 1 aliphatic rings. The van der Waals surface area contributed by atoms with Crippen LogP contribution in [0.15, 0.2) is 0 Å². The van der Waals surface area contributed by atoms with E-state index in [1.807, 2.05) is 6.92 Å². The molecule has 5 heteroatoms. The number of amides is 1. The molecule has 1 aliphatic heterocycles. The van der Waals surface area contributed by atoms with Gasteiger partial charge < -0.3 is 14.8 Å². The Hall–Kier alpha value is -1.26. The van der Waals surface area contributed by atoms with Crippen LogP contribution in [0, 0.1) is 0 Å². The maximum Gasteiger partial charge on any atom is 0.407 e. The molecule has 0 unspecified atom stereocenters. The zero-order valence-electron chi connectivity index (χ0n) is 8.25. The first-order chi connectivity index (χ1) is 6.72. The van der Waals surface area contributed by atoms with Crippen LogP contribution >= 0.6 is 0 Å². The molecule has 5 nitrogen and oxygen atoms in total. The summed E-state index contributed by atoms with van der Waals surface area (Å²) in [6.07, 6.45) is 1.60. The average molecular weight is 201 g/mol. The Morgan fingerprint density at radius 1 is 1.71 bits per heavy atom. The summed E-state index contributed by atoms with van der Waals surface area (Å²) in [7, 11) is 0. The molecule has 1 N–H and O–H groups in total. The second kappa shape index (κ2) is 5.47. The van der Waals surface area contributed by atoms with E-state index in [1.54, 1.807) is 0 Å². The number of carbonyl (C=O) groups excluding carboxylic acids is 2. The monoisotopic (exact) mass is 201 g/mol. The highest BCUT2D eigenvalue weighted by molar-refractivity contribution is 5.74. The molecule has 0 aliphatic carbocycles. The summed E-state index contributed by atoms with van der Waals surface area (Å²) in [6.45, 7) is 2.73. The van der Waals surface area contributed by atoms with Gasteiger partial charge >= 0.3 is 12.1 Å². The molecule has 0 radical (unpaired) electrons. The topological polar surface area (TPSA) is 64.6 Å². The Morgan fingerprint density at radius 2 is 2.50 bits per heavy atom. The van der Waals surface area contributed by atoms with Gasteiger partial charge in [-0.05, 0) is 6.42 Å². The summed E-state index contributed by atoms with van der Waals surface area (Å²) in [4.78, 5) is 21.8. The number of rotatable bonds is 5. The fraction of sp³-hybridized carbons (Fsp3) is 0.778. The highest BCUT2D eigenvalue weighted by Crippen LogP contribution is 2.03. The Morgan fingerprint density at radius 3 is 3.07 bits per heavy atom. The van der Waals surface area contributed by atoms with Crippen molar-refractivity contribution in [3.05, 3.63) is 0 Å². The number of esters is 1. The van der Waals surface area contributed by atoms with Crippen LogP contribution in [0.5, 0.6) is 0 Å². The van der Waals surface area contributed by atoms with Crippen LogP contribution in [0.3, 0.4) is 0 Å². The summed E-state index contributed by atoms with van der Waals surface area (Å²) in [5.74, 6) is -0.283. The molecule has 1 saturated heterocycles. The van der Waals surface area contributed by atoms with Crippen LogP contribution in [0.1, 0.15) is 26.2 Å². The van der Waals surface area contributed by atoms with Gasteiger partial charge in [0.05, 0.1) is 19.1 Å². The van der Waals surface area contributed by atoms with E-state index in [-0.39, 0.29) is 25.0 Å². The molecule has 1 atom stereocenters. The second-order valence-electron chi connectivity index (χ2n) is 3.22. The van der Waals surface area contributed by atoms with Crippen molar-refractivity contribution in [2.75, 3.05) is 13.2 Å². The van der Waals surface area contributed by atoms with Gasteiger partial charge in [-0.3, -0.25) is 4.79 Å². The van der Waals surface area contributed by atoms with E-state index in [9.17, 15) is 9.59 Å². The minimum atomic E-state index is -0.462. The van der Waals surface area contributed by atoms with Crippen molar-refractivity contribution >= 4 is 12.1 Å². The highest BCUT2D eigenvalue weighted by atomic mass is 16.6. The van der Waals surface area contributed by atoms with Crippen molar-refractivity contribution in [2.45, 2.75) is 32.2 Å². The molecule has 1 rings (SSSR count). The van der Waals surface area contributed by atoms with Crippen molar-refractivity contribution in [2.24, 2.45) is 0 Å². The van der Waals surface area contributed by atoms with Crippen LogP contribution in [-0.4, -0.2) is 31.3 Å². The molecule has 14 heavy (non-hydrogen) atoms. The molecular formula is C9H15NO4. The van der Waals surface area contributed by atoms with Gasteiger partial charge in [0, 0.05) is 0 Å². The van der Waals surface area contributed by atoms with Gasteiger partial charge in [-0.25, -0.2) is 4.79 Å². The van der Waals surface area contributed by atoms with E-state index >= 15 is 0 Å². The lowest BCUT2D eigenvalue weighted by Gasteiger charge is -2.06. The standard InChI is InChI=1S/C9H15NO4/c1-2-3-4-13-8(11)5-7-6-14-9(12)10-7/h7H,2-6H2,1H3,(H,10,12)/t7-/m0/s1. The third kappa shape index (κ3) is 3.64. The lowest BCUT2D eigenvalue weighted by atomic mass is 10.2. The predicted octanol–water partition coefficient (Wildman–Crippen LogP) is 0.828. The Labute approximate surface area is 82.8 Å². The van der Waals surface area contributed by atoms with Gasteiger partial charge in [0.25, 0.3) is 0 Å². The quantitative estimate of drug-likeness (QED) is 0.528. The van der Waals surface area contributed by atoms with E-state index in [2.05, 4.69) is 10.1 Å². The minimum Gasteiger partial charge on any atom is -0.466 e. The Bertz CT molecular complexity index is 217. The maximum absolute atomic E-state index is 11.2. The third-order valence-electron chi connectivity index (χ3n) is 1.91. The molecule has 80 valence electrons. The first-order valence-corrected chi connectivity index (χ1v) is 4.81. The number of unbranched alkanes of at least 4 members (excludes halogenated alkanes) is 1. The molecule has 1 fully saturated rings. The van der Waals surface area contributed by atoms with Gasteiger partial charge in [0.1, 0.15) is 6.61 Å². The number of ether oxygens (including phenoxy) is 2. The number of hydrogen-bond donors (Lipinski definition) is 1. The first-order valence-electron chi connectivity index (χ1n) is 4.81. The Balaban J connectivity index is 2.11. The summed E-state index contributed by atoms with van der Waals surface area (Å²) in [6, 6.07) is -0.225. The van der Waals surface area contributed by atoms with Crippen LogP contribution in [0.4, 0.5) is 4.79 Å². The minimum absolute atomic E-state index is 0.190. The van der Waals surface area contributed by atoms with Crippen molar-refractivity contribution in [1.29, 1.82) is 0 Å². The Kier molecular flexibility index (Phi) is 4.22. The molecule has 1 amide bonds. The number of carbonyl (C=O) groups is 2. The fourth-order valence-corrected chi connectivity index (χ4v) is 1.13. The van der Waals surface area contributed by atoms with E-state index in [4.69, 9.17) is 4.74 Å². The average Bonchev–Trinajstić information content (AvgIpc) is 2.52. The van der Waals surface area contributed by atoms with E-state index in [1.165, 1.54) is 0 Å². The second-order valence-corrected chi connectivity index (χ2v) is 3.22. The van der Waals surface area contributed by atoms with E-state index in [0.717, 1.165) is 12.8 Å². The molecule has 0 aromatic heterocycles. The van der Waals surface area contributed by atoms with Crippen molar-refractivity contribution in [3.63, 3.8) is 0 Å². The summed E-state index contributed by atoms with van der Waals surface area (Å²) in [5.41, 5.74) is 0. The highest BCUT2D eigenvalue weighted by Gasteiger charge is 2.24. The van der Waals surface area contributed by atoms with E-state index in [0.29, 0.717) is 6.61 Å². The molecule has 0 spiro atoms. The van der Waals surface area contributed by atoms with Gasteiger partial charge in [-0.2, -0.15) is 0 Å². The third-order valence-corrected chi connectivity index (χ3v) is 1.91. The van der Waals surface area contributed by atoms with Gasteiger partial charge in [0.2, 0.25) is 0 Å². The van der Waals surface area contributed by atoms with Crippen molar-refractivity contribution in [1.82, 2.24) is 5.32 Å². The maximum atomic E-state index is 11.2. The molecule has 0 bridgehead atoms. The van der Waals surface area contributed by atoms with Crippen molar-refractivity contribution in [3.8, 4) is 0 Å². The molecular weight excluding hydrogens is 186 g/mol. The smallest absolute Gasteiger partial charge is 0.407 e. The summed E-state index contributed by atoms with van der Waals surface area (Å²) in [5, 5.41) is 2.51. The SMILES string of the molecule is CCCCOC(=O)C[C@H]1COC(=O)N1. The molecule has 0 aromatic rings. The van der Waals surface area contributed by atoms with Crippen molar-refractivity contribution < 1.29 is 19.1 Å². The van der Waals surface area contributed by atoms with Gasteiger partial charge in [-0.1, -0.05) is 13.3 Å². The summed E-state index contributed by atoms with van der Waals surface area (Å²) < 4.78 is 9.57. The fourth-order valence-electron chi connectivity index (χ4n) is 1.13. The molecule has 0 aromatic carbocycles. The zero-order chi connectivity index (χ0) is 10.4. The number of alkyl carbamates (subject to hydrolysis) is 1. The van der Waals surface area contributed by atoms with Crippen LogP contribution in [0.2, 0.25) is 0 Å². The predicted molar refractivity (Wildman–Crippen MR) is 48.8 cm³/mol. The van der Waals surface area contributed by atoms with Gasteiger partial charge in [-0.15, -0.1) is 0 Å². The lowest BCUT2D eigenvalue weighted by Crippen LogP contribution is -2.29. The number of cyclic esters (lactones) is 1. The van der Waals surface area contributed by atoms with Gasteiger partial charge in [0.15, 0.2) is 0 Å². The normalized spacial score (nSPS) is 20.1. The van der Waals surface area contributed by atoms with Crippen LogP contribution in [0.25, 0.3) is 0 Å². The lowest BCUT2D eigenvalue weighted by molar-refractivity contribution is -0.144. The number of nitrogens with one attached hydrogen (secondary N) is 1. The first kappa shape index (κ1) is 10.8. The molecule has 0 saturated carbocycles. The molecule has 1 heterocycles. The largest absolute Gasteiger partial charge is 0.466 e. The van der Waals surface area contributed by atoms with E-state index < -0.39 is 6.09 Å². The van der Waals surface area contributed by atoms with Crippen LogP contribution in [-0.2, 0) is 14.3 Å². The summed E-state index contributed by atoms with van der Waals surface area (Å²) >= 11 is 0. The zero-order valence-corrected chi connectivity index (χ0v) is 8.25.